The van der Waals surface area contributed by atoms with E-state index in [1.54, 1.807) is 0 Å². The van der Waals surface area contributed by atoms with Gasteiger partial charge in [0.05, 0.1) is 0 Å². The molecule has 0 N–H and O–H groups in total. The Labute approximate surface area is 155 Å². The van der Waals surface area contributed by atoms with Gasteiger partial charge in [-0.15, -0.1) is 0 Å². The van der Waals surface area contributed by atoms with E-state index < -0.39 is 48.6 Å². The van der Waals surface area contributed by atoms with Gasteiger partial charge in [0.1, 0.15) is 18.8 Å². The average Bonchev–Trinajstić information content (AvgIpc) is 2.55. The second-order valence-corrected chi connectivity index (χ2v) is 6.09. The minimum Gasteiger partial charge on any atom is -0.463 e. The number of esters is 3. The van der Waals surface area contributed by atoms with Crippen LogP contribution in [-0.4, -0.2) is 61.8 Å². The maximum absolute atomic E-state index is 11.6. The molecule has 1 aliphatic rings. The van der Waals surface area contributed by atoms with Crippen LogP contribution >= 0.6 is 9.47 Å². The molecule has 1 rings (SSSR count). The minimum absolute atomic E-state index is 0.168. The number of carbonyl (C=O) groups is 3. The lowest BCUT2D eigenvalue weighted by Gasteiger charge is -2.44. The van der Waals surface area contributed by atoms with Crippen molar-refractivity contribution in [2.24, 2.45) is 0 Å². The van der Waals surface area contributed by atoms with Gasteiger partial charge in [-0.3, -0.25) is 14.4 Å². The highest BCUT2D eigenvalue weighted by Crippen LogP contribution is 2.30. The predicted octanol–water partition coefficient (Wildman–Crippen LogP) is 1.13. The van der Waals surface area contributed by atoms with Gasteiger partial charge in [0.25, 0.3) is 0 Å². The van der Waals surface area contributed by atoms with Crippen LogP contribution in [0.15, 0.2) is 0 Å². The first-order chi connectivity index (χ1) is 12.3. The van der Waals surface area contributed by atoms with E-state index in [4.69, 9.17) is 28.2 Å². The zero-order chi connectivity index (χ0) is 19.7. The summed E-state index contributed by atoms with van der Waals surface area (Å²) in [4.78, 5) is 34.2. The molecule has 1 saturated heterocycles. The fourth-order valence-electron chi connectivity index (χ4n) is 2.53. The molecule has 9 nitrogen and oxygen atoms in total. The van der Waals surface area contributed by atoms with Crippen LogP contribution in [0.2, 0.25) is 0 Å². The predicted molar refractivity (Wildman–Crippen MR) is 91.8 cm³/mol. The van der Waals surface area contributed by atoms with Crippen molar-refractivity contribution in [3.05, 3.63) is 0 Å². The Balaban J connectivity index is 3.10. The van der Waals surface area contributed by atoms with Gasteiger partial charge in [-0.1, -0.05) is 13.3 Å². The van der Waals surface area contributed by atoms with Crippen molar-refractivity contribution in [2.45, 2.75) is 71.2 Å². The monoisotopic (exact) mass is 394 g/mol. The summed E-state index contributed by atoms with van der Waals surface area (Å²) in [5.41, 5.74) is 0. The van der Waals surface area contributed by atoms with Crippen LogP contribution in [0.1, 0.15) is 40.5 Å². The van der Waals surface area contributed by atoms with Crippen LogP contribution in [0.5, 0.6) is 0 Å². The Morgan fingerprint density at radius 1 is 0.962 bits per heavy atom. The van der Waals surface area contributed by atoms with Gasteiger partial charge in [-0.25, -0.2) is 0 Å². The molecule has 26 heavy (non-hydrogen) atoms. The lowest BCUT2D eigenvalue weighted by atomic mass is 9.98. The Morgan fingerprint density at radius 2 is 1.58 bits per heavy atom. The molecular formula is C16H27O9P. The molecule has 1 aliphatic heterocycles. The summed E-state index contributed by atoms with van der Waals surface area (Å²) in [7, 11) is 2.03. The fraction of sp³-hybridized carbons (Fsp3) is 0.812. The Kier molecular flexibility index (Phi) is 10.0. The number of unbranched alkanes of at least 4 members (excludes halogenated alkanes) is 1. The summed E-state index contributed by atoms with van der Waals surface area (Å²) in [6.45, 7) is 5.93. The first-order valence-electron chi connectivity index (χ1n) is 8.40. The van der Waals surface area contributed by atoms with Crippen molar-refractivity contribution in [1.82, 2.24) is 0 Å². The van der Waals surface area contributed by atoms with E-state index in [-0.39, 0.29) is 6.61 Å². The topological polar surface area (TPSA) is 107 Å². The molecule has 150 valence electrons. The summed E-state index contributed by atoms with van der Waals surface area (Å²) in [6.07, 6.45) is -2.92. The molecule has 1 fully saturated rings. The van der Waals surface area contributed by atoms with Gasteiger partial charge in [0, 0.05) is 36.8 Å². The quantitative estimate of drug-likeness (QED) is 0.246. The van der Waals surface area contributed by atoms with E-state index in [1.165, 1.54) is 20.8 Å². The number of ether oxygens (including phenoxy) is 5. The second-order valence-electron chi connectivity index (χ2n) is 5.82. The van der Waals surface area contributed by atoms with Gasteiger partial charge in [-0.2, -0.15) is 0 Å². The van der Waals surface area contributed by atoms with E-state index >= 15 is 0 Å². The summed E-state index contributed by atoms with van der Waals surface area (Å²) >= 11 is 0. The van der Waals surface area contributed by atoms with Gasteiger partial charge in [0.2, 0.25) is 6.29 Å². The number of hydrogen-bond donors (Lipinski definition) is 0. The summed E-state index contributed by atoms with van der Waals surface area (Å²) in [5.74, 6) is -1.64. The summed E-state index contributed by atoms with van der Waals surface area (Å²) in [5, 5.41) is 0. The highest BCUT2D eigenvalue weighted by atomic mass is 31.0. The maximum atomic E-state index is 11.6. The highest BCUT2D eigenvalue weighted by molar-refractivity contribution is 7.09. The van der Waals surface area contributed by atoms with Crippen molar-refractivity contribution in [3.8, 4) is 0 Å². The standard InChI is InChI=1S/C16H27O9P/c1-5-6-7-20-14-13(22-10(3)18)12(8-21-9(2)17)24-16(25-26)15(14)23-11(4)19/h12-16H,5-8,26H2,1-4H3/t12-,13-,14-,15+,16-/m1/s1. The lowest BCUT2D eigenvalue weighted by Crippen LogP contribution is -2.62. The van der Waals surface area contributed by atoms with Crippen LogP contribution in [0, 0.1) is 0 Å². The van der Waals surface area contributed by atoms with Gasteiger partial charge in [0.15, 0.2) is 12.2 Å². The molecule has 1 unspecified atom stereocenters. The molecular weight excluding hydrogens is 367 g/mol. The fourth-order valence-corrected chi connectivity index (χ4v) is 2.74. The molecule has 0 aromatic rings. The molecule has 0 spiro atoms. The minimum atomic E-state index is -0.997. The smallest absolute Gasteiger partial charge is 0.303 e. The lowest BCUT2D eigenvalue weighted by molar-refractivity contribution is -0.290. The average molecular weight is 394 g/mol. The van der Waals surface area contributed by atoms with Gasteiger partial charge in [-0.05, 0) is 6.42 Å². The molecule has 0 bridgehead atoms. The van der Waals surface area contributed by atoms with Crippen LogP contribution in [0.25, 0.3) is 0 Å². The highest BCUT2D eigenvalue weighted by Gasteiger charge is 2.51. The third-order valence-corrected chi connectivity index (χ3v) is 3.86. The third kappa shape index (κ3) is 7.15. The van der Waals surface area contributed by atoms with Gasteiger partial charge < -0.3 is 28.2 Å². The number of hydrogen-bond acceptors (Lipinski definition) is 9. The van der Waals surface area contributed by atoms with Crippen molar-refractivity contribution < 1.29 is 42.6 Å². The molecule has 0 saturated carbocycles. The van der Waals surface area contributed by atoms with E-state index in [2.05, 4.69) is 0 Å². The van der Waals surface area contributed by atoms with E-state index in [0.717, 1.165) is 12.8 Å². The van der Waals surface area contributed by atoms with Gasteiger partial charge >= 0.3 is 17.9 Å². The van der Waals surface area contributed by atoms with Crippen LogP contribution in [0.4, 0.5) is 0 Å². The first kappa shape index (κ1) is 22.8. The van der Waals surface area contributed by atoms with Crippen molar-refractivity contribution in [3.63, 3.8) is 0 Å². The molecule has 0 aromatic carbocycles. The normalized spacial score (nSPS) is 28.3. The van der Waals surface area contributed by atoms with Crippen LogP contribution in [-0.2, 0) is 42.6 Å². The first-order valence-corrected chi connectivity index (χ1v) is 8.87. The number of rotatable bonds is 9. The largest absolute Gasteiger partial charge is 0.463 e. The molecule has 6 atom stereocenters. The van der Waals surface area contributed by atoms with Crippen molar-refractivity contribution in [1.29, 1.82) is 0 Å². The summed E-state index contributed by atoms with van der Waals surface area (Å²) in [6, 6.07) is 0. The van der Waals surface area contributed by atoms with E-state index in [9.17, 15) is 14.4 Å². The van der Waals surface area contributed by atoms with Crippen LogP contribution in [0.3, 0.4) is 0 Å². The number of carbonyl (C=O) groups excluding carboxylic acids is 3. The molecule has 10 heteroatoms. The third-order valence-electron chi connectivity index (χ3n) is 3.59. The Bertz CT molecular complexity index is 484. The van der Waals surface area contributed by atoms with E-state index in [1.807, 2.05) is 16.4 Å². The molecule has 0 amide bonds. The SMILES string of the molecule is CCCCO[C@H]1[C@H](OC(C)=O)[C@@H](OP)O[C@H](COC(C)=O)[C@H]1OC(C)=O. The molecule has 0 aliphatic carbocycles. The second kappa shape index (κ2) is 11.4. The van der Waals surface area contributed by atoms with E-state index in [0.29, 0.717) is 6.61 Å². The molecule has 1 heterocycles. The zero-order valence-electron chi connectivity index (χ0n) is 15.5. The summed E-state index contributed by atoms with van der Waals surface area (Å²) < 4.78 is 32.4. The van der Waals surface area contributed by atoms with Crippen molar-refractivity contribution >= 4 is 27.4 Å². The Hall–Kier alpha value is -1.28. The zero-order valence-corrected chi connectivity index (χ0v) is 16.6. The molecule has 0 radical (unpaired) electrons. The molecule has 0 aromatic heterocycles. The van der Waals surface area contributed by atoms with Crippen molar-refractivity contribution in [2.75, 3.05) is 13.2 Å². The van der Waals surface area contributed by atoms with Crippen LogP contribution < -0.4 is 0 Å². The maximum Gasteiger partial charge on any atom is 0.303 e. The Morgan fingerprint density at radius 3 is 2.08 bits per heavy atom.